The second kappa shape index (κ2) is 10.8. The van der Waals surface area contributed by atoms with Crippen LogP contribution in [0.5, 0.6) is 5.75 Å². The van der Waals surface area contributed by atoms with E-state index < -0.39 is 0 Å². The highest BCUT2D eigenvalue weighted by Gasteiger charge is 2.16. The molecule has 0 atom stereocenters. The molecule has 0 bridgehead atoms. The largest absolute Gasteiger partial charge is 0.507 e. The first-order valence-corrected chi connectivity index (χ1v) is 11.4. The number of carbonyl (C=O) groups excluding carboxylic acids is 1. The minimum atomic E-state index is -0.314. The molecule has 180 valence electrons. The number of para-hydroxylation sites is 1. The number of phenols is 1. The summed E-state index contributed by atoms with van der Waals surface area (Å²) in [6, 6.07) is 16.5. The van der Waals surface area contributed by atoms with E-state index in [1.165, 1.54) is 23.0 Å². The Morgan fingerprint density at radius 2 is 1.89 bits per heavy atom. The molecule has 0 spiro atoms. The fraction of sp³-hybridized carbons (Fsp3) is 0.222. The molecule has 4 aromatic rings. The van der Waals surface area contributed by atoms with Crippen LogP contribution in [0.1, 0.15) is 36.3 Å². The lowest BCUT2D eigenvalue weighted by Crippen LogP contribution is -2.24. The van der Waals surface area contributed by atoms with E-state index in [9.17, 15) is 14.3 Å². The normalized spacial score (nSPS) is 11.0. The van der Waals surface area contributed by atoms with Gasteiger partial charge in [-0.3, -0.25) is 9.78 Å². The number of amides is 1. The third-order valence-electron chi connectivity index (χ3n) is 5.30. The maximum atomic E-state index is 13.5. The average molecular weight is 475 g/mol. The van der Waals surface area contributed by atoms with Gasteiger partial charge in [0.25, 0.3) is 5.91 Å². The summed E-state index contributed by atoms with van der Waals surface area (Å²) in [6.07, 6.45) is 4.81. The zero-order chi connectivity index (χ0) is 24.8. The van der Waals surface area contributed by atoms with Gasteiger partial charge in [0.2, 0.25) is 0 Å². The number of nitrogens with zero attached hydrogens (tertiary/aromatic N) is 3. The van der Waals surface area contributed by atoms with Gasteiger partial charge < -0.3 is 15.3 Å². The van der Waals surface area contributed by atoms with Crippen LogP contribution >= 0.6 is 0 Å². The lowest BCUT2D eigenvalue weighted by molar-refractivity contribution is 0.0366. The Morgan fingerprint density at radius 1 is 1.11 bits per heavy atom. The molecule has 0 aliphatic rings. The maximum Gasteiger partial charge on any atom is 0.255 e. The number of aromatic hydroxyl groups is 1. The van der Waals surface area contributed by atoms with Gasteiger partial charge in [-0.15, -0.1) is 9.94 Å². The molecule has 0 saturated heterocycles. The number of aromatic nitrogens is 3. The van der Waals surface area contributed by atoms with E-state index in [0.717, 1.165) is 22.4 Å². The van der Waals surface area contributed by atoms with Crippen LogP contribution in [0, 0.1) is 5.82 Å². The van der Waals surface area contributed by atoms with E-state index in [1.54, 1.807) is 36.5 Å². The topological polar surface area (TPSA) is 89.3 Å². The molecular formula is C27H27FN4O3. The van der Waals surface area contributed by atoms with Crippen molar-refractivity contribution in [3.05, 3.63) is 90.1 Å². The van der Waals surface area contributed by atoms with Crippen molar-refractivity contribution in [2.45, 2.75) is 32.8 Å². The fourth-order valence-corrected chi connectivity index (χ4v) is 3.67. The number of phenolic OH excluding ortho intramolecular Hbond substituents is 1. The molecule has 4 rings (SSSR count). The van der Waals surface area contributed by atoms with Gasteiger partial charge in [0, 0.05) is 29.6 Å². The van der Waals surface area contributed by atoms with E-state index in [2.05, 4.69) is 15.4 Å². The Labute approximate surface area is 203 Å². The predicted octanol–water partition coefficient (Wildman–Crippen LogP) is 4.66. The number of carbonyl (C=O) groups is 1. The number of hydrogen-bond acceptors (Lipinski definition) is 5. The molecule has 1 amide bonds. The van der Waals surface area contributed by atoms with Crippen LogP contribution in [0.3, 0.4) is 0 Å². The molecule has 0 aliphatic heterocycles. The first-order chi connectivity index (χ1) is 16.9. The molecule has 0 aliphatic carbocycles. The Hall–Kier alpha value is -4.20. The smallest absolute Gasteiger partial charge is 0.255 e. The molecule has 0 saturated carbocycles. The molecule has 2 aromatic heterocycles. The number of benzene rings is 2. The summed E-state index contributed by atoms with van der Waals surface area (Å²) in [5.41, 5.74) is 4.32. The second-order valence-electron chi connectivity index (χ2n) is 8.37. The molecule has 0 unspecified atom stereocenters. The van der Waals surface area contributed by atoms with Gasteiger partial charge in [-0.2, -0.15) is 0 Å². The molecule has 35 heavy (non-hydrogen) atoms. The van der Waals surface area contributed by atoms with Gasteiger partial charge in [-0.1, -0.05) is 12.1 Å². The third kappa shape index (κ3) is 6.03. The highest BCUT2D eigenvalue weighted by molar-refractivity contribution is 5.96. The van der Waals surface area contributed by atoms with Crippen LogP contribution < -0.4 is 10.2 Å². The van der Waals surface area contributed by atoms with Crippen LogP contribution in [0.15, 0.2) is 73.1 Å². The van der Waals surface area contributed by atoms with Crippen LogP contribution in [-0.2, 0) is 6.42 Å². The monoisotopic (exact) mass is 474 g/mol. The lowest BCUT2D eigenvalue weighted by Gasteiger charge is -2.08. The number of nitrogens with one attached hydrogen (secondary N) is 1. The van der Waals surface area contributed by atoms with Gasteiger partial charge in [-0.05, 0) is 80.8 Å². The van der Waals surface area contributed by atoms with Crippen LogP contribution in [-0.4, -0.2) is 38.6 Å². The van der Waals surface area contributed by atoms with Crippen molar-refractivity contribution >= 4 is 5.91 Å². The van der Waals surface area contributed by atoms with Crippen molar-refractivity contribution < 1.29 is 19.1 Å². The zero-order valence-corrected chi connectivity index (χ0v) is 19.6. The standard InChI is InChI=1S/C27H27FN4O3/c1-18(2)35-32-17-24(26(31-32)19-9-11-21(28)12-10-19)20-13-15-29-22(16-20)6-5-14-30-27(34)23-7-3-4-8-25(23)33/h3-4,7-13,15-18,33H,5-6,14H2,1-2H3,(H,30,34). The molecular weight excluding hydrogens is 447 g/mol. The minimum absolute atomic E-state index is 0.0432. The quantitative estimate of drug-likeness (QED) is 0.345. The molecule has 0 fully saturated rings. The first-order valence-electron chi connectivity index (χ1n) is 11.4. The molecule has 2 N–H and O–H groups in total. The number of hydrogen-bond donors (Lipinski definition) is 2. The molecule has 2 aromatic carbocycles. The Balaban J connectivity index is 1.48. The summed E-state index contributed by atoms with van der Waals surface area (Å²) in [4.78, 5) is 23.9. The van der Waals surface area contributed by atoms with Crippen molar-refractivity contribution in [1.82, 2.24) is 20.2 Å². The maximum absolute atomic E-state index is 13.5. The van der Waals surface area contributed by atoms with E-state index >= 15 is 0 Å². The molecule has 2 heterocycles. The molecule has 8 heteroatoms. The number of aryl methyl sites for hydroxylation is 1. The van der Waals surface area contributed by atoms with E-state index in [1.807, 2.05) is 32.2 Å². The third-order valence-corrected chi connectivity index (χ3v) is 5.30. The lowest BCUT2D eigenvalue weighted by atomic mass is 10.0. The second-order valence-corrected chi connectivity index (χ2v) is 8.37. The van der Waals surface area contributed by atoms with Gasteiger partial charge in [0.05, 0.1) is 11.8 Å². The average Bonchev–Trinajstić information content (AvgIpc) is 3.26. The minimum Gasteiger partial charge on any atom is -0.507 e. The summed E-state index contributed by atoms with van der Waals surface area (Å²) >= 11 is 0. The van der Waals surface area contributed by atoms with Gasteiger partial charge >= 0.3 is 0 Å². The van der Waals surface area contributed by atoms with Crippen molar-refractivity contribution in [3.63, 3.8) is 0 Å². The van der Waals surface area contributed by atoms with E-state index in [0.29, 0.717) is 25.1 Å². The SMILES string of the molecule is CC(C)On1cc(-c2ccnc(CCCNC(=O)c3ccccc3O)c2)c(-c2ccc(F)cc2)n1. The summed E-state index contributed by atoms with van der Waals surface area (Å²) in [6.45, 7) is 4.28. The summed E-state index contributed by atoms with van der Waals surface area (Å²) < 4.78 is 13.5. The summed E-state index contributed by atoms with van der Waals surface area (Å²) in [5.74, 6) is -0.668. The van der Waals surface area contributed by atoms with Gasteiger partial charge in [0.15, 0.2) is 0 Å². The Bertz CT molecular complexity index is 1300. The summed E-state index contributed by atoms with van der Waals surface area (Å²) in [7, 11) is 0. The Morgan fingerprint density at radius 3 is 2.63 bits per heavy atom. The predicted molar refractivity (Wildman–Crippen MR) is 131 cm³/mol. The zero-order valence-electron chi connectivity index (χ0n) is 19.6. The van der Waals surface area contributed by atoms with Crippen molar-refractivity contribution in [1.29, 1.82) is 0 Å². The highest BCUT2D eigenvalue weighted by Crippen LogP contribution is 2.31. The van der Waals surface area contributed by atoms with Crippen molar-refractivity contribution in [3.8, 4) is 28.1 Å². The molecule has 0 radical (unpaired) electrons. The summed E-state index contributed by atoms with van der Waals surface area (Å²) in [5, 5.41) is 17.2. The number of rotatable bonds is 9. The van der Waals surface area contributed by atoms with Crippen LogP contribution in [0.25, 0.3) is 22.4 Å². The van der Waals surface area contributed by atoms with Crippen molar-refractivity contribution in [2.24, 2.45) is 0 Å². The fourth-order valence-electron chi connectivity index (χ4n) is 3.67. The van der Waals surface area contributed by atoms with E-state index in [-0.39, 0.29) is 29.1 Å². The molecule has 7 nitrogen and oxygen atoms in total. The van der Waals surface area contributed by atoms with Crippen LogP contribution in [0.2, 0.25) is 0 Å². The highest BCUT2D eigenvalue weighted by atomic mass is 19.1. The van der Waals surface area contributed by atoms with Gasteiger partial charge in [0.1, 0.15) is 23.4 Å². The van der Waals surface area contributed by atoms with Gasteiger partial charge in [-0.25, -0.2) is 4.39 Å². The number of halogens is 1. The van der Waals surface area contributed by atoms with E-state index in [4.69, 9.17) is 4.84 Å². The Kier molecular flexibility index (Phi) is 7.40. The van der Waals surface area contributed by atoms with Crippen molar-refractivity contribution in [2.75, 3.05) is 6.54 Å². The number of pyridine rings is 1. The van der Waals surface area contributed by atoms with Crippen LogP contribution in [0.4, 0.5) is 4.39 Å². The first kappa shape index (κ1) is 23.9.